The summed E-state index contributed by atoms with van der Waals surface area (Å²) in [5, 5.41) is 0. The summed E-state index contributed by atoms with van der Waals surface area (Å²) in [6.07, 6.45) is -1.04. The highest BCUT2D eigenvalue weighted by Crippen LogP contribution is 2.34. The van der Waals surface area contributed by atoms with E-state index in [1.54, 1.807) is 6.07 Å². The fraction of sp³-hybridized carbons (Fsp3) is 0.240. The molecule has 0 N–H and O–H groups in total. The highest BCUT2D eigenvalue weighted by Gasteiger charge is 2.33. The predicted octanol–water partition coefficient (Wildman–Crippen LogP) is 5.93. The summed E-state index contributed by atoms with van der Waals surface area (Å²) in [4.78, 5) is 14.4. The van der Waals surface area contributed by atoms with Gasteiger partial charge in [0.25, 0.3) is 5.91 Å². The monoisotopic (exact) mass is 423 g/mol. The number of aryl methyl sites for hydroxylation is 2. The Morgan fingerprint density at radius 3 is 2.48 bits per heavy atom. The Bertz CT molecular complexity index is 1150. The second-order valence-corrected chi connectivity index (χ2v) is 7.95. The lowest BCUT2D eigenvalue weighted by Gasteiger charge is -2.17. The standard InChI is InChI=1S/C25H20F3NO2/c26-25(27,28)19-8-10-20(11-9-19)29-14-23-18(5-2-6-22(23)24(29)30)15-31-21-12-7-16-3-1-4-17(16)13-21/h2,5-13H,1,3-4,14-15H2. The normalized spacial score (nSPS) is 15.2. The van der Waals surface area contributed by atoms with Crippen molar-refractivity contribution in [2.24, 2.45) is 0 Å². The van der Waals surface area contributed by atoms with Crippen LogP contribution in [0.15, 0.2) is 60.7 Å². The number of benzene rings is 3. The summed E-state index contributed by atoms with van der Waals surface area (Å²) in [7, 11) is 0. The van der Waals surface area contributed by atoms with Gasteiger partial charge in [-0.3, -0.25) is 4.79 Å². The van der Waals surface area contributed by atoms with E-state index in [0.717, 1.165) is 41.9 Å². The Morgan fingerprint density at radius 1 is 0.935 bits per heavy atom. The number of hydrogen-bond acceptors (Lipinski definition) is 2. The van der Waals surface area contributed by atoms with Crippen molar-refractivity contribution in [2.75, 3.05) is 4.90 Å². The third kappa shape index (κ3) is 3.67. The molecular weight excluding hydrogens is 403 g/mol. The van der Waals surface area contributed by atoms with Crippen LogP contribution in [0.25, 0.3) is 0 Å². The number of carbonyl (C=O) groups excluding carboxylic acids is 1. The first-order chi connectivity index (χ1) is 14.9. The van der Waals surface area contributed by atoms with Crippen LogP contribution in [0.3, 0.4) is 0 Å². The van der Waals surface area contributed by atoms with Gasteiger partial charge in [0, 0.05) is 11.3 Å². The first-order valence-corrected chi connectivity index (χ1v) is 10.2. The number of amides is 1. The fourth-order valence-corrected chi connectivity index (χ4v) is 4.37. The van der Waals surface area contributed by atoms with Crippen LogP contribution in [0.5, 0.6) is 5.75 Å². The average Bonchev–Trinajstić information content (AvgIpc) is 3.36. The first kappa shape index (κ1) is 19.7. The number of nitrogens with zero attached hydrogens (tertiary/aromatic N) is 1. The molecule has 0 saturated carbocycles. The zero-order valence-electron chi connectivity index (χ0n) is 16.7. The Morgan fingerprint density at radius 2 is 1.71 bits per heavy atom. The van der Waals surface area contributed by atoms with Crippen molar-refractivity contribution in [3.8, 4) is 5.75 Å². The van der Waals surface area contributed by atoms with Gasteiger partial charge in [0.2, 0.25) is 0 Å². The van der Waals surface area contributed by atoms with Gasteiger partial charge in [0.1, 0.15) is 12.4 Å². The van der Waals surface area contributed by atoms with Crippen LogP contribution in [0.2, 0.25) is 0 Å². The van der Waals surface area contributed by atoms with E-state index in [1.807, 2.05) is 18.2 Å². The topological polar surface area (TPSA) is 29.5 Å². The number of ether oxygens (including phenoxy) is 1. The second-order valence-electron chi connectivity index (χ2n) is 7.95. The zero-order valence-corrected chi connectivity index (χ0v) is 16.7. The molecule has 5 rings (SSSR count). The highest BCUT2D eigenvalue weighted by atomic mass is 19.4. The van der Waals surface area contributed by atoms with Gasteiger partial charge >= 0.3 is 6.18 Å². The fourth-order valence-electron chi connectivity index (χ4n) is 4.37. The van der Waals surface area contributed by atoms with Gasteiger partial charge in [-0.15, -0.1) is 0 Å². The smallest absolute Gasteiger partial charge is 0.416 e. The SMILES string of the molecule is O=C1c2cccc(COc3ccc4c(c3)CCC4)c2CN1c1ccc(C(F)(F)F)cc1. The van der Waals surface area contributed by atoms with Gasteiger partial charge in [-0.05, 0) is 84.0 Å². The molecule has 1 aliphatic carbocycles. The van der Waals surface area contributed by atoms with Crippen LogP contribution in [0.1, 0.15) is 44.6 Å². The number of halogens is 3. The van der Waals surface area contributed by atoms with Gasteiger partial charge < -0.3 is 9.64 Å². The van der Waals surface area contributed by atoms with Gasteiger partial charge in [-0.1, -0.05) is 18.2 Å². The summed E-state index contributed by atoms with van der Waals surface area (Å²) in [6.45, 7) is 0.638. The van der Waals surface area contributed by atoms with Crippen molar-refractivity contribution in [1.82, 2.24) is 0 Å². The van der Waals surface area contributed by atoms with E-state index in [1.165, 1.54) is 34.6 Å². The summed E-state index contributed by atoms with van der Waals surface area (Å²) < 4.78 is 44.6. The Hall–Kier alpha value is -3.28. The Labute approximate surface area is 178 Å². The molecule has 0 aromatic heterocycles. The number of fused-ring (bicyclic) bond motifs is 2. The summed E-state index contributed by atoms with van der Waals surface area (Å²) in [5.74, 6) is 0.594. The summed E-state index contributed by atoms with van der Waals surface area (Å²) in [5.41, 5.74) is 4.75. The van der Waals surface area contributed by atoms with E-state index in [-0.39, 0.29) is 5.91 Å². The van der Waals surface area contributed by atoms with Crippen LogP contribution >= 0.6 is 0 Å². The minimum absolute atomic E-state index is 0.214. The van der Waals surface area contributed by atoms with E-state index in [0.29, 0.717) is 24.4 Å². The van der Waals surface area contributed by atoms with Crippen LogP contribution in [0.4, 0.5) is 18.9 Å². The Kier molecular flexibility index (Phi) is 4.73. The maximum atomic E-state index is 12.9. The largest absolute Gasteiger partial charge is 0.489 e. The third-order valence-electron chi connectivity index (χ3n) is 6.04. The van der Waals surface area contributed by atoms with Gasteiger partial charge in [0.05, 0.1) is 12.1 Å². The number of carbonyl (C=O) groups is 1. The molecule has 0 fully saturated rings. The van der Waals surface area contributed by atoms with Crippen molar-refractivity contribution in [3.63, 3.8) is 0 Å². The Balaban J connectivity index is 1.35. The minimum atomic E-state index is -4.40. The molecule has 3 aromatic carbocycles. The van der Waals surface area contributed by atoms with E-state index in [2.05, 4.69) is 12.1 Å². The molecule has 1 heterocycles. The molecule has 0 bridgehead atoms. The molecule has 0 saturated heterocycles. The van der Waals surface area contributed by atoms with Crippen molar-refractivity contribution in [1.29, 1.82) is 0 Å². The molecule has 3 aromatic rings. The molecule has 158 valence electrons. The first-order valence-electron chi connectivity index (χ1n) is 10.2. The lowest BCUT2D eigenvalue weighted by atomic mass is 10.0. The maximum absolute atomic E-state index is 12.9. The molecule has 1 aliphatic heterocycles. The lowest BCUT2D eigenvalue weighted by molar-refractivity contribution is -0.137. The number of hydrogen-bond donors (Lipinski definition) is 0. The van der Waals surface area contributed by atoms with Crippen molar-refractivity contribution < 1.29 is 22.7 Å². The minimum Gasteiger partial charge on any atom is -0.489 e. The van der Waals surface area contributed by atoms with Gasteiger partial charge in [-0.25, -0.2) is 0 Å². The number of alkyl halides is 3. The molecule has 1 amide bonds. The molecule has 2 aliphatic rings. The van der Waals surface area contributed by atoms with E-state index < -0.39 is 11.7 Å². The van der Waals surface area contributed by atoms with E-state index in [4.69, 9.17) is 4.74 Å². The molecule has 0 radical (unpaired) electrons. The zero-order chi connectivity index (χ0) is 21.6. The molecule has 0 unspecified atom stereocenters. The quantitative estimate of drug-likeness (QED) is 0.520. The van der Waals surface area contributed by atoms with Crippen LogP contribution in [-0.2, 0) is 32.2 Å². The molecule has 0 atom stereocenters. The van der Waals surface area contributed by atoms with Crippen LogP contribution in [-0.4, -0.2) is 5.91 Å². The average molecular weight is 423 g/mol. The van der Waals surface area contributed by atoms with Crippen LogP contribution < -0.4 is 9.64 Å². The number of anilines is 1. The maximum Gasteiger partial charge on any atom is 0.416 e. The third-order valence-corrected chi connectivity index (χ3v) is 6.04. The second kappa shape index (κ2) is 7.45. The van der Waals surface area contributed by atoms with Crippen molar-refractivity contribution in [3.05, 3.63) is 94.0 Å². The lowest BCUT2D eigenvalue weighted by Crippen LogP contribution is -2.23. The molecule has 6 heteroatoms. The molecular formula is C25H20F3NO2. The number of rotatable bonds is 4. The van der Waals surface area contributed by atoms with Crippen LogP contribution in [0, 0.1) is 0 Å². The highest BCUT2D eigenvalue weighted by molar-refractivity contribution is 6.10. The van der Waals surface area contributed by atoms with Crippen molar-refractivity contribution >= 4 is 11.6 Å². The van der Waals surface area contributed by atoms with E-state index in [9.17, 15) is 18.0 Å². The van der Waals surface area contributed by atoms with Gasteiger partial charge in [-0.2, -0.15) is 13.2 Å². The predicted molar refractivity (Wildman–Crippen MR) is 111 cm³/mol. The molecule has 31 heavy (non-hydrogen) atoms. The van der Waals surface area contributed by atoms with Gasteiger partial charge in [0.15, 0.2) is 0 Å². The summed E-state index contributed by atoms with van der Waals surface area (Å²) >= 11 is 0. The molecule has 3 nitrogen and oxygen atoms in total. The summed E-state index contributed by atoms with van der Waals surface area (Å²) in [6, 6.07) is 16.4. The van der Waals surface area contributed by atoms with Crippen molar-refractivity contribution in [2.45, 2.75) is 38.6 Å². The molecule has 0 spiro atoms. The van der Waals surface area contributed by atoms with E-state index >= 15 is 0 Å².